The molecule has 0 unspecified atom stereocenters. The van der Waals surface area contributed by atoms with E-state index in [9.17, 15) is 10.1 Å². The molecule has 0 fully saturated rings. The highest BCUT2D eigenvalue weighted by atomic mass is 32.2. The van der Waals surface area contributed by atoms with Gasteiger partial charge in [-0.3, -0.25) is 4.79 Å². The van der Waals surface area contributed by atoms with Crippen molar-refractivity contribution in [3.8, 4) is 17.3 Å². The molecular formula is C18H22N4OS. The molecule has 0 spiro atoms. The number of nitrogens with zero attached hydrogens (tertiary/aromatic N) is 3. The van der Waals surface area contributed by atoms with Crippen LogP contribution >= 0.6 is 11.8 Å². The number of nitriles is 1. The van der Waals surface area contributed by atoms with Gasteiger partial charge in [-0.15, -0.1) is 0 Å². The summed E-state index contributed by atoms with van der Waals surface area (Å²) in [6, 6.07) is 9.88. The Balaban J connectivity index is 2.37. The molecule has 2 aromatic rings. The number of thioether (sulfide) groups is 1. The van der Waals surface area contributed by atoms with Crippen LogP contribution in [0, 0.1) is 11.3 Å². The molecule has 0 aliphatic rings. The van der Waals surface area contributed by atoms with Crippen molar-refractivity contribution in [2.24, 2.45) is 0 Å². The molecule has 1 heterocycles. The van der Waals surface area contributed by atoms with Crippen LogP contribution in [0.2, 0.25) is 0 Å². The van der Waals surface area contributed by atoms with Gasteiger partial charge < -0.3 is 9.88 Å². The van der Waals surface area contributed by atoms with Crippen molar-refractivity contribution in [3.63, 3.8) is 0 Å². The topological polar surface area (TPSA) is 72.8 Å². The highest BCUT2D eigenvalue weighted by molar-refractivity contribution is 7.98. The number of rotatable bonds is 7. The molecule has 126 valence electrons. The molecule has 0 atom stereocenters. The van der Waals surface area contributed by atoms with E-state index in [-0.39, 0.29) is 5.56 Å². The van der Waals surface area contributed by atoms with Crippen LogP contribution in [0.1, 0.15) is 30.9 Å². The highest BCUT2D eigenvalue weighted by Gasteiger charge is 2.13. The van der Waals surface area contributed by atoms with Gasteiger partial charge in [-0.2, -0.15) is 5.26 Å². The molecular weight excluding hydrogens is 320 g/mol. The first-order chi connectivity index (χ1) is 11.6. The van der Waals surface area contributed by atoms with Gasteiger partial charge in [0.2, 0.25) is 0 Å². The predicted molar refractivity (Wildman–Crippen MR) is 98.0 cm³/mol. The molecule has 0 aliphatic carbocycles. The largest absolute Gasteiger partial charge is 0.302 e. The van der Waals surface area contributed by atoms with E-state index in [0.717, 1.165) is 24.2 Å². The fraction of sp³-hybridized carbons (Fsp3) is 0.389. The highest BCUT2D eigenvalue weighted by Crippen LogP contribution is 2.22. The van der Waals surface area contributed by atoms with Crippen molar-refractivity contribution in [2.75, 3.05) is 19.8 Å². The van der Waals surface area contributed by atoms with E-state index < -0.39 is 5.56 Å². The van der Waals surface area contributed by atoms with Crippen molar-refractivity contribution in [2.45, 2.75) is 31.5 Å². The Kier molecular flexibility index (Phi) is 6.59. The summed E-state index contributed by atoms with van der Waals surface area (Å²) in [5, 5.41) is 9.82. The standard InChI is InChI=1S/C18H22N4OS/c1-4-5-9-22(2)12-13-7-6-8-14(10-13)16-15(11-19)17(23)21-18(20-16)24-3/h6-8,10H,4-5,9,12H2,1-3H3,(H,20,21,23). The van der Waals surface area contributed by atoms with Crippen LogP contribution < -0.4 is 5.56 Å². The van der Waals surface area contributed by atoms with Crippen molar-refractivity contribution >= 4 is 11.8 Å². The second-order valence-corrected chi connectivity index (χ2v) is 6.50. The van der Waals surface area contributed by atoms with Crippen LogP contribution in [0.25, 0.3) is 11.3 Å². The number of H-pyrrole nitrogens is 1. The summed E-state index contributed by atoms with van der Waals surface area (Å²) in [6.07, 6.45) is 4.18. The molecule has 0 saturated heterocycles. The lowest BCUT2D eigenvalue weighted by atomic mass is 10.0. The van der Waals surface area contributed by atoms with Crippen molar-refractivity contribution in [1.82, 2.24) is 14.9 Å². The van der Waals surface area contributed by atoms with Crippen molar-refractivity contribution < 1.29 is 0 Å². The summed E-state index contributed by atoms with van der Waals surface area (Å²) in [7, 11) is 2.10. The van der Waals surface area contributed by atoms with E-state index in [0.29, 0.717) is 10.9 Å². The Morgan fingerprint density at radius 1 is 1.42 bits per heavy atom. The zero-order valence-electron chi connectivity index (χ0n) is 14.3. The molecule has 5 nitrogen and oxygen atoms in total. The number of benzene rings is 1. The minimum Gasteiger partial charge on any atom is -0.302 e. The second-order valence-electron chi connectivity index (χ2n) is 5.70. The van der Waals surface area contributed by atoms with E-state index >= 15 is 0 Å². The Morgan fingerprint density at radius 2 is 2.21 bits per heavy atom. The normalized spacial score (nSPS) is 10.8. The molecule has 1 N–H and O–H groups in total. The molecule has 6 heteroatoms. The average molecular weight is 342 g/mol. The Bertz CT molecular complexity index is 794. The Morgan fingerprint density at radius 3 is 2.88 bits per heavy atom. The third-order valence-corrected chi connectivity index (χ3v) is 4.33. The fourth-order valence-electron chi connectivity index (χ4n) is 2.50. The first-order valence-electron chi connectivity index (χ1n) is 7.95. The summed E-state index contributed by atoms with van der Waals surface area (Å²) >= 11 is 1.35. The average Bonchev–Trinajstić information content (AvgIpc) is 2.59. The van der Waals surface area contributed by atoms with E-state index in [2.05, 4.69) is 34.9 Å². The molecule has 0 aliphatic heterocycles. The number of aromatic nitrogens is 2. The fourth-order valence-corrected chi connectivity index (χ4v) is 2.87. The molecule has 0 bridgehead atoms. The second kappa shape index (κ2) is 8.67. The summed E-state index contributed by atoms with van der Waals surface area (Å²) < 4.78 is 0. The number of hydrogen-bond acceptors (Lipinski definition) is 5. The first-order valence-corrected chi connectivity index (χ1v) is 9.17. The lowest BCUT2D eigenvalue weighted by Gasteiger charge is -2.16. The zero-order chi connectivity index (χ0) is 17.5. The molecule has 0 radical (unpaired) electrons. The maximum Gasteiger partial charge on any atom is 0.270 e. The van der Waals surface area contributed by atoms with Gasteiger partial charge in [0.15, 0.2) is 5.16 Å². The van der Waals surface area contributed by atoms with Crippen LogP contribution in [-0.2, 0) is 6.54 Å². The quantitative estimate of drug-likeness (QED) is 0.617. The summed E-state index contributed by atoms with van der Waals surface area (Å²) in [5.74, 6) is 0. The Hall–Kier alpha value is -2.10. The minimum atomic E-state index is -0.391. The van der Waals surface area contributed by atoms with Crippen LogP contribution in [0.3, 0.4) is 0 Å². The van der Waals surface area contributed by atoms with Gasteiger partial charge in [0, 0.05) is 12.1 Å². The summed E-state index contributed by atoms with van der Waals surface area (Å²) in [5.41, 5.74) is 2.06. The van der Waals surface area contributed by atoms with E-state index in [1.807, 2.05) is 30.5 Å². The minimum absolute atomic E-state index is 0.0595. The van der Waals surface area contributed by atoms with Gasteiger partial charge in [-0.25, -0.2) is 4.98 Å². The van der Waals surface area contributed by atoms with Gasteiger partial charge in [0.1, 0.15) is 11.6 Å². The molecule has 1 aromatic carbocycles. The van der Waals surface area contributed by atoms with Gasteiger partial charge in [-0.05, 0) is 37.9 Å². The first kappa shape index (κ1) is 18.2. The van der Waals surface area contributed by atoms with E-state index in [1.54, 1.807) is 0 Å². The van der Waals surface area contributed by atoms with E-state index in [1.165, 1.54) is 24.6 Å². The maximum absolute atomic E-state index is 12.1. The molecule has 0 amide bonds. The maximum atomic E-state index is 12.1. The van der Waals surface area contributed by atoms with Crippen LogP contribution in [0.4, 0.5) is 0 Å². The zero-order valence-corrected chi connectivity index (χ0v) is 15.1. The number of unbranched alkanes of at least 4 members (excludes halogenated alkanes) is 1. The van der Waals surface area contributed by atoms with Crippen molar-refractivity contribution in [1.29, 1.82) is 5.26 Å². The molecule has 1 aromatic heterocycles. The van der Waals surface area contributed by atoms with E-state index in [4.69, 9.17) is 0 Å². The third-order valence-electron chi connectivity index (χ3n) is 3.75. The number of nitrogens with one attached hydrogen (secondary N) is 1. The molecule has 2 rings (SSSR count). The Labute approximate surface area is 146 Å². The monoisotopic (exact) mass is 342 g/mol. The van der Waals surface area contributed by atoms with Gasteiger partial charge in [-0.1, -0.05) is 43.3 Å². The van der Waals surface area contributed by atoms with Gasteiger partial charge in [0.25, 0.3) is 5.56 Å². The smallest absolute Gasteiger partial charge is 0.270 e. The lowest BCUT2D eigenvalue weighted by Crippen LogP contribution is -2.19. The van der Waals surface area contributed by atoms with Crippen molar-refractivity contribution in [3.05, 3.63) is 45.7 Å². The molecule has 0 saturated carbocycles. The lowest BCUT2D eigenvalue weighted by molar-refractivity contribution is 0.321. The van der Waals surface area contributed by atoms with Crippen LogP contribution in [0.15, 0.2) is 34.2 Å². The number of hydrogen-bond donors (Lipinski definition) is 1. The number of aromatic amines is 1. The van der Waals surface area contributed by atoms with Crippen LogP contribution in [-0.4, -0.2) is 34.7 Å². The van der Waals surface area contributed by atoms with Gasteiger partial charge >= 0.3 is 0 Å². The van der Waals surface area contributed by atoms with Crippen LogP contribution in [0.5, 0.6) is 0 Å². The third kappa shape index (κ3) is 4.47. The predicted octanol–water partition coefficient (Wildman–Crippen LogP) is 3.26. The summed E-state index contributed by atoms with van der Waals surface area (Å²) in [6.45, 7) is 4.05. The molecule has 24 heavy (non-hydrogen) atoms. The SMILES string of the molecule is CCCCN(C)Cc1cccc(-c2nc(SC)[nH]c(=O)c2C#N)c1. The summed E-state index contributed by atoms with van der Waals surface area (Å²) in [4.78, 5) is 21.4. The van der Waals surface area contributed by atoms with Gasteiger partial charge in [0.05, 0.1) is 5.69 Å².